The number of hydrogen-bond acceptors (Lipinski definition) is 6. The average molecular weight is 490 g/mol. The van der Waals surface area contributed by atoms with Crippen molar-refractivity contribution in [2.24, 2.45) is 0 Å². The molecular weight excluding hydrogens is 465 g/mol. The predicted octanol–water partition coefficient (Wildman–Crippen LogP) is 4.15. The Bertz CT molecular complexity index is 1100. The van der Waals surface area contributed by atoms with Gasteiger partial charge in [0.05, 0.1) is 18.8 Å². The first-order valence-corrected chi connectivity index (χ1v) is 11.5. The first-order chi connectivity index (χ1) is 16.9. The van der Waals surface area contributed by atoms with Gasteiger partial charge in [0.15, 0.2) is 11.5 Å². The lowest BCUT2D eigenvalue weighted by Crippen LogP contribution is -2.44. The molecule has 2 atom stereocenters. The number of piperidine rings is 1. The Labute approximate surface area is 200 Å². The molecule has 2 aromatic carbocycles. The number of hydroxylamine groups is 1. The third-order valence-electron chi connectivity index (χ3n) is 6.31. The zero-order valence-electron chi connectivity index (χ0n) is 18.8. The number of hydrogen-bond donors (Lipinski definition) is 1. The summed E-state index contributed by atoms with van der Waals surface area (Å²) in [5.74, 6) is -0.603. The summed E-state index contributed by atoms with van der Waals surface area (Å²) in [6.45, 7) is -1.21. The number of rotatable bonds is 6. The lowest BCUT2D eigenvalue weighted by Gasteiger charge is -2.33. The van der Waals surface area contributed by atoms with Crippen LogP contribution in [0.2, 0.25) is 0 Å². The third kappa shape index (κ3) is 5.23. The summed E-state index contributed by atoms with van der Waals surface area (Å²) in [6.07, 6.45) is 3.51. The highest BCUT2D eigenvalue weighted by Gasteiger charge is 2.39. The van der Waals surface area contributed by atoms with Gasteiger partial charge in [0.1, 0.15) is 17.5 Å². The minimum atomic E-state index is -3.02. The fourth-order valence-electron chi connectivity index (χ4n) is 4.51. The molecule has 10 heteroatoms. The van der Waals surface area contributed by atoms with E-state index in [9.17, 15) is 18.0 Å². The molecule has 1 spiro atoms. The maximum Gasteiger partial charge on any atom is 0.387 e. The number of benzene rings is 2. The Kier molecular flexibility index (Phi) is 6.57. The second-order valence-electron chi connectivity index (χ2n) is 8.81. The highest BCUT2D eigenvalue weighted by atomic mass is 19.3. The van der Waals surface area contributed by atoms with Gasteiger partial charge in [-0.05, 0) is 61.4 Å². The van der Waals surface area contributed by atoms with Crippen LogP contribution in [0, 0.1) is 5.82 Å². The molecule has 2 saturated heterocycles. The van der Waals surface area contributed by atoms with E-state index in [1.165, 1.54) is 30.3 Å². The smallest absolute Gasteiger partial charge is 0.387 e. The van der Waals surface area contributed by atoms with Crippen LogP contribution in [0.5, 0.6) is 11.5 Å². The summed E-state index contributed by atoms with van der Waals surface area (Å²) in [5.41, 5.74) is 4.09. The van der Waals surface area contributed by atoms with Crippen LogP contribution in [0.4, 0.5) is 13.2 Å². The van der Waals surface area contributed by atoms with E-state index < -0.39 is 24.1 Å². The fraction of sp³-hybridized carbons (Fsp3) is 0.400. The fourth-order valence-corrected chi connectivity index (χ4v) is 4.51. The molecule has 0 aromatic heterocycles. The molecule has 0 saturated carbocycles. The molecule has 0 aliphatic carbocycles. The van der Waals surface area contributed by atoms with E-state index >= 15 is 0 Å². The Hall–Kier alpha value is -3.24. The van der Waals surface area contributed by atoms with Crippen LogP contribution in [0.25, 0.3) is 5.70 Å². The Morgan fingerprint density at radius 3 is 2.74 bits per heavy atom. The van der Waals surface area contributed by atoms with Gasteiger partial charge in [0.2, 0.25) is 0 Å². The van der Waals surface area contributed by atoms with Crippen molar-refractivity contribution in [1.29, 1.82) is 0 Å². The molecule has 2 aromatic rings. The maximum atomic E-state index is 13.2. The second-order valence-corrected chi connectivity index (χ2v) is 8.81. The number of alkyl halides is 2. The molecule has 3 aliphatic heterocycles. The van der Waals surface area contributed by atoms with Gasteiger partial charge in [-0.2, -0.15) is 8.78 Å². The van der Waals surface area contributed by atoms with Crippen molar-refractivity contribution in [3.8, 4) is 11.5 Å². The van der Waals surface area contributed by atoms with Gasteiger partial charge in [-0.25, -0.2) is 4.39 Å². The number of ether oxygens (including phenoxy) is 3. The second kappa shape index (κ2) is 9.79. The monoisotopic (exact) mass is 490 g/mol. The van der Waals surface area contributed by atoms with Gasteiger partial charge in [-0.1, -0.05) is 0 Å². The van der Waals surface area contributed by atoms with Crippen molar-refractivity contribution in [2.45, 2.75) is 37.6 Å². The van der Waals surface area contributed by atoms with Crippen LogP contribution in [0.3, 0.4) is 0 Å². The van der Waals surface area contributed by atoms with Gasteiger partial charge in [-0.3, -0.25) is 15.1 Å². The molecule has 2 unspecified atom stereocenters. The van der Waals surface area contributed by atoms with E-state index in [-0.39, 0.29) is 24.0 Å². The molecular formula is C25H25F3N2O5. The number of nitrogens with one attached hydrogen (secondary N) is 1. The molecule has 3 aliphatic rings. The molecule has 2 fully saturated rings. The van der Waals surface area contributed by atoms with Crippen molar-refractivity contribution >= 4 is 11.6 Å². The molecule has 1 N–H and O–H groups in total. The van der Waals surface area contributed by atoms with Gasteiger partial charge in [0.25, 0.3) is 5.91 Å². The topological polar surface area (TPSA) is 69.3 Å². The highest BCUT2D eigenvalue weighted by Crippen LogP contribution is 2.37. The van der Waals surface area contributed by atoms with Crippen LogP contribution in [0.15, 0.2) is 48.5 Å². The summed E-state index contributed by atoms with van der Waals surface area (Å²) < 4.78 is 55.5. The van der Waals surface area contributed by atoms with E-state index in [0.717, 1.165) is 0 Å². The van der Waals surface area contributed by atoms with Gasteiger partial charge < -0.3 is 19.1 Å². The standard InChI is InChI=1S/C25H25F3N2O5/c26-18-6-3-16(4-7-18)23(31)30-10-1-2-19(14-30)33-22-12-17(5-8-21(22)34-24(27)28)20-13-25(35-29-20)9-11-32-15-25/h3-8,12-13,19,24,29H,1-2,9-11,14-15H2. The Balaban J connectivity index is 1.34. The predicted molar refractivity (Wildman–Crippen MR) is 119 cm³/mol. The maximum absolute atomic E-state index is 13.2. The van der Waals surface area contributed by atoms with E-state index in [1.54, 1.807) is 17.0 Å². The number of halogens is 3. The molecule has 1 amide bonds. The zero-order chi connectivity index (χ0) is 24.4. The van der Waals surface area contributed by atoms with E-state index in [4.69, 9.17) is 14.3 Å². The van der Waals surface area contributed by atoms with Crippen LogP contribution < -0.4 is 15.0 Å². The lowest BCUT2D eigenvalue weighted by atomic mass is 10.0. The summed E-state index contributed by atoms with van der Waals surface area (Å²) in [4.78, 5) is 20.2. The average Bonchev–Trinajstić information content (AvgIpc) is 3.50. The minimum Gasteiger partial charge on any atom is -0.485 e. The first kappa shape index (κ1) is 23.5. The van der Waals surface area contributed by atoms with E-state index in [1.807, 2.05) is 6.08 Å². The number of amides is 1. The van der Waals surface area contributed by atoms with Crippen molar-refractivity contribution in [3.05, 3.63) is 65.5 Å². The Morgan fingerprint density at radius 2 is 2.00 bits per heavy atom. The van der Waals surface area contributed by atoms with Crippen molar-refractivity contribution < 1.29 is 37.0 Å². The zero-order valence-corrected chi connectivity index (χ0v) is 18.8. The molecule has 0 bridgehead atoms. The van der Waals surface area contributed by atoms with Crippen LogP contribution in [-0.4, -0.2) is 55.4 Å². The lowest BCUT2D eigenvalue weighted by molar-refractivity contribution is -0.0525. The highest BCUT2D eigenvalue weighted by molar-refractivity contribution is 5.94. The van der Waals surface area contributed by atoms with Gasteiger partial charge in [-0.15, -0.1) is 0 Å². The molecule has 35 heavy (non-hydrogen) atoms. The third-order valence-corrected chi connectivity index (χ3v) is 6.31. The number of nitrogens with zero attached hydrogens (tertiary/aromatic N) is 1. The number of carbonyl (C=O) groups is 1. The van der Waals surface area contributed by atoms with Gasteiger partial charge in [0, 0.05) is 30.7 Å². The molecule has 5 rings (SSSR count). The number of carbonyl (C=O) groups excluding carboxylic acids is 1. The van der Waals surface area contributed by atoms with Crippen molar-refractivity contribution in [1.82, 2.24) is 10.4 Å². The summed E-state index contributed by atoms with van der Waals surface area (Å²) in [5, 5.41) is 0. The minimum absolute atomic E-state index is 0.0934. The molecule has 186 valence electrons. The summed E-state index contributed by atoms with van der Waals surface area (Å²) >= 11 is 0. The van der Waals surface area contributed by atoms with Crippen molar-refractivity contribution in [3.63, 3.8) is 0 Å². The quantitative estimate of drug-likeness (QED) is 0.657. The SMILES string of the molecule is O=C(c1ccc(F)cc1)N1CCCC(Oc2cc(C3=CC4(CCOC4)ON3)ccc2OC(F)F)C1. The van der Waals surface area contributed by atoms with E-state index in [0.29, 0.717) is 55.8 Å². The summed E-state index contributed by atoms with van der Waals surface area (Å²) in [6, 6.07) is 10.0. The largest absolute Gasteiger partial charge is 0.485 e. The molecule has 0 radical (unpaired) electrons. The summed E-state index contributed by atoms with van der Waals surface area (Å²) in [7, 11) is 0. The number of likely N-dealkylation sites (tertiary alicyclic amines) is 1. The molecule has 3 heterocycles. The van der Waals surface area contributed by atoms with Crippen LogP contribution >= 0.6 is 0 Å². The van der Waals surface area contributed by atoms with Crippen LogP contribution in [-0.2, 0) is 9.57 Å². The normalized spacial score (nSPS) is 23.9. The first-order valence-electron chi connectivity index (χ1n) is 11.5. The molecule has 7 nitrogen and oxygen atoms in total. The van der Waals surface area contributed by atoms with Crippen LogP contribution in [0.1, 0.15) is 35.2 Å². The Morgan fingerprint density at radius 1 is 1.17 bits per heavy atom. The van der Waals surface area contributed by atoms with E-state index in [2.05, 4.69) is 10.2 Å². The van der Waals surface area contributed by atoms with Crippen molar-refractivity contribution in [2.75, 3.05) is 26.3 Å². The van der Waals surface area contributed by atoms with Gasteiger partial charge >= 0.3 is 6.61 Å².